The molecule has 2 saturated heterocycles. The number of ether oxygens (including phenoxy) is 2. The molecule has 7 rings (SSSR count). The van der Waals surface area contributed by atoms with Gasteiger partial charge in [0.15, 0.2) is 0 Å². The van der Waals surface area contributed by atoms with Crippen LogP contribution in [0.3, 0.4) is 0 Å². The van der Waals surface area contributed by atoms with E-state index < -0.39 is 47.2 Å². The van der Waals surface area contributed by atoms with E-state index in [0.717, 1.165) is 44.5 Å². The number of methoxy groups -OCH3 is 1. The number of nitrogens with zero attached hydrogens (tertiary/aromatic N) is 6. The maximum Gasteiger partial charge on any atom is 0.324 e. The van der Waals surface area contributed by atoms with E-state index in [0.29, 0.717) is 57.5 Å². The van der Waals surface area contributed by atoms with Gasteiger partial charge in [-0.1, -0.05) is 45.9 Å². The zero-order chi connectivity index (χ0) is 49.7. The van der Waals surface area contributed by atoms with Crippen LogP contribution in [0.5, 0.6) is 5.75 Å². The summed E-state index contributed by atoms with van der Waals surface area (Å²) in [4.78, 5) is 80.1. The molecule has 2 fully saturated rings. The van der Waals surface area contributed by atoms with E-state index in [1.54, 1.807) is 43.5 Å². The fraction of sp³-hybridized carbons (Fsp3) is 0.509. The van der Waals surface area contributed by atoms with Crippen molar-refractivity contribution in [2.75, 3.05) is 61.0 Å². The standard InChI is InChI=1S/C53H70N8O8.4H2S/c1-10-60-45-18-17-35-28-40(45)41(48(60)39-14-11-20-54-44(39)31-68-9)29-53(4,5)32-69-52(67)42-15-12-22-61(56-42)51(66)43(26-34-24-37(35)27-38(62)25-34)55-49(64)47(33(2)3)58(8)50(65)36-19-23-59(30-36)46(63)16-13-21-57(6)7;;;;/h11,13-14,16-18,20,24-25,27-28,33,36,42-43,47,56,62H,10,12,15,19,21-23,26,29-32H2,1-9H3,(H,55,64);4*1H2/b16-13+;;;;/t36-,42-,43-,47-;;;;/m0..../s1. The van der Waals surface area contributed by atoms with E-state index in [2.05, 4.69) is 54.3 Å². The fourth-order valence-corrected chi connectivity index (χ4v) is 10.2. The summed E-state index contributed by atoms with van der Waals surface area (Å²) < 4.78 is 14.0. The highest BCUT2D eigenvalue weighted by atomic mass is 32.1. The Balaban J connectivity index is 0.00000352. The summed E-state index contributed by atoms with van der Waals surface area (Å²) in [6.45, 7) is 12.6. The van der Waals surface area contributed by atoms with Gasteiger partial charge >= 0.3 is 5.97 Å². The van der Waals surface area contributed by atoms with Crippen LogP contribution in [0.2, 0.25) is 0 Å². The number of hydrogen-bond donors (Lipinski definition) is 3. The van der Waals surface area contributed by atoms with Gasteiger partial charge in [-0.2, -0.15) is 54.0 Å². The molecule has 0 aliphatic carbocycles. The molecule has 73 heavy (non-hydrogen) atoms. The van der Waals surface area contributed by atoms with Crippen molar-refractivity contribution >= 4 is 94.5 Å². The maximum absolute atomic E-state index is 14.8. The van der Waals surface area contributed by atoms with Crippen molar-refractivity contribution in [2.45, 2.75) is 98.0 Å². The Hall–Kier alpha value is -4.70. The Bertz CT molecular complexity index is 2610. The zero-order valence-electron chi connectivity index (χ0n) is 43.7. The lowest BCUT2D eigenvalue weighted by Gasteiger charge is -2.37. The minimum atomic E-state index is -1.17. The van der Waals surface area contributed by atoms with Gasteiger partial charge in [-0.25, -0.2) is 5.43 Å². The molecule has 402 valence electrons. The quantitative estimate of drug-likeness (QED) is 0.116. The molecule has 0 saturated carbocycles. The molecule has 2 aromatic heterocycles. The molecule has 4 aromatic rings. The Morgan fingerprint density at radius 1 is 1.01 bits per heavy atom. The van der Waals surface area contributed by atoms with Crippen molar-refractivity contribution in [1.29, 1.82) is 0 Å². The van der Waals surface area contributed by atoms with Crippen LogP contribution in [0.25, 0.3) is 33.3 Å². The number of aryl methyl sites for hydroxylation is 1. The predicted octanol–water partition coefficient (Wildman–Crippen LogP) is 5.79. The van der Waals surface area contributed by atoms with Gasteiger partial charge in [0.2, 0.25) is 17.7 Å². The summed E-state index contributed by atoms with van der Waals surface area (Å²) in [5.74, 6) is -2.75. The third-order valence-corrected chi connectivity index (χ3v) is 13.5. The first kappa shape index (κ1) is 62.6. The monoisotopic (exact) mass is 1080 g/mol. The van der Waals surface area contributed by atoms with Crippen molar-refractivity contribution in [3.8, 4) is 28.1 Å². The first-order chi connectivity index (χ1) is 32.9. The molecule has 20 heteroatoms. The largest absolute Gasteiger partial charge is 0.508 e. The van der Waals surface area contributed by atoms with Crippen LogP contribution >= 0.6 is 54.0 Å². The van der Waals surface area contributed by atoms with Gasteiger partial charge in [0.25, 0.3) is 5.91 Å². The van der Waals surface area contributed by atoms with Crippen LogP contribution in [0.4, 0.5) is 0 Å². The molecule has 3 aliphatic heterocycles. The average molecular weight is 1080 g/mol. The topological polar surface area (TPSA) is 179 Å². The normalized spacial score (nSPS) is 19.2. The van der Waals surface area contributed by atoms with Crippen molar-refractivity contribution in [3.63, 3.8) is 0 Å². The maximum atomic E-state index is 14.8. The van der Waals surface area contributed by atoms with Gasteiger partial charge in [-0.15, -0.1) is 0 Å². The number of carbonyl (C=O) groups is 5. The number of aromatic nitrogens is 2. The van der Waals surface area contributed by atoms with E-state index in [1.807, 2.05) is 51.0 Å². The molecule has 16 nitrogen and oxygen atoms in total. The lowest BCUT2D eigenvalue weighted by atomic mass is 9.84. The third-order valence-electron chi connectivity index (χ3n) is 13.5. The van der Waals surface area contributed by atoms with Crippen molar-refractivity contribution in [1.82, 2.24) is 40.0 Å². The number of carbonyl (C=O) groups excluding carboxylic acids is 5. The van der Waals surface area contributed by atoms with Crippen molar-refractivity contribution in [2.24, 2.45) is 17.3 Å². The number of esters is 1. The Morgan fingerprint density at radius 3 is 2.44 bits per heavy atom. The summed E-state index contributed by atoms with van der Waals surface area (Å²) in [5, 5.41) is 16.8. The van der Waals surface area contributed by atoms with Crippen LogP contribution in [-0.2, 0) is 59.4 Å². The minimum Gasteiger partial charge on any atom is -0.508 e. The first-order valence-electron chi connectivity index (χ1n) is 24.2. The molecule has 2 aromatic carbocycles. The van der Waals surface area contributed by atoms with Gasteiger partial charge < -0.3 is 39.2 Å². The number of fused-ring (bicyclic) bond motifs is 6. The molecule has 3 aliphatic rings. The summed E-state index contributed by atoms with van der Waals surface area (Å²) >= 11 is 0. The number of hydrazine groups is 1. The predicted molar refractivity (Wildman–Crippen MR) is 306 cm³/mol. The number of cyclic esters (lactones) is 1. The molecule has 0 spiro atoms. The van der Waals surface area contributed by atoms with E-state index >= 15 is 0 Å². The van der Waals surface area contributed by atoms with Crippen LogP contribution in [0.15, 0.2) is 66.9 Å². The SMILES string of the molecule is CCn1c(-c2cccnc2COC)c2c3cc(ccc31)-c1cc(O)cc(c1)C[C@H](NC(=O)[C@H](C(C)C)N(C)C(=O)[C@H]1CCN(C(=O)/C=C/CN(C)C)C1)C(=O)N1CCC[C@H](N1)C(=O)OCC(C)(C)C2.S.S.S.S. The molecule has 4 atom stereocenters. The summed E-state index contributed by atoms with van der Waals surface area (Å²) in [5.41, 5.74) is 9.56. The van der Waals surface area contributed by atoms with Gasteiger partial charge in [-0.3, -0.25) is 34.0 Å². The number of phenols is 1. The van der Waals surface area contributed by atoms with Gasteiger partial charge in [-0.05, 0) is 111 Å². The Labute approximate surface area is 458 Å². The number of phenolic OH excluding ortho intramolecular Hbond substituents is 1. The number of rotatable bonds is 12. The molecule has 4 amide bonds. The number of nitrogens with one attached hydrogen (secondary N) is 2. The van der Waals surface area contributed by atoms with Crippen LogP contribution < -0.4 is 10.7 Å². The van der Waals surface area contributed by atoms with Crippen molar-refractivity contribution < 1.29 is 38.6 Å². The molecule has 5 heterocycles. The second kappa shape index (κ2) is 27.2. The number of hydrogen-bond acceptors (Lipinski definition) is 11. The number of likely N-dealkylation sites (N-methyl/N-ethyl adjacent to an activating group) is 2. The lowest BCUT2D eigenvalue weighted by Crippen LogP contribution is -2.62. The molecule has 0 radical (unpaired) electrons. The zero-order valence-corrected chi connectivity index (χ0v) is 47.7. The molecule has 6 bridgehead atoms. The van der Waals surface area contributed by atoms with E-state index in [9.17, 15) is 29.1 Å². The molecule has 3 N–H and O–H groups in total. The Kier molecular flexibility index (Phi) is 23.3. The van der Waals surface area contributed by atoms with E-state index in [-0.39, 0.29) is 104 Å². The number of benzene rings is 2. The number of aromatic hydroxyl groups is 1. The highest BCUT2D eigenvalue weighted by Gasteiger charge is 2.40. The molecular formula is C53H78N8O8S4. The number of pyridine rings is 1. The summed E-state index contributed by atoms with van der Waals surface area (Å²) in [6, 6.07) is 12.5. The number of likely N-dealkylation sites (tertiary alicyclic amines) is 1. The minimum absolute atomic E-state index is 0. The first-order valence-corrected chi connectivity index (χ1v) is 24.2. The smallest absolute Gasteiger partial charge is 0.324 e. The van der Waals surface area contributed by atoms with Gasteiger partial charge in [0, 0.05) is 87.5 Å². The summed E-state index contributed by atoms with van der Waals surface area (Å²) in [6.07, 6.45) is 7.04. The molecule has 0 unspecified atom stereocenters. The van der Waals surface area contributed by atoms with Gasteiger partial charge in [0.1, 0.15) is 23.9 Å². The van der Waals surface area contributed by atoms with Crippen LogP contribution in [0, 0.1) is 17.3 Å². The molecular weight excluding hydrogens is 1000 g/mol. The lowest BCUT2D eigenvalue weighted by molar-refractivity contribution is -0.155. The third kappa shape index (κ3) is 14.6. The summed E-state index contributed by atoms with van der Waals surface area (Å²) in [7, 11) is 7.08. The average Bonchev–Trinajstić information content (AvgIpc) is 3.93. The number of amides is 4. The van der Waals surface area contributed by atoms with Gasteiger partial charge in [0.05, 0.1) is 30.5 Å². The van der Waals surface area contributed by atoms with Crippen molar-refractivity contribution in [3.05, 3.63) is 83.7 Å². The highest BCUT2D eigenvalue weighted by Crippen LogP contribution is 2.41. The highest BCUT2D eigenvalue weighted by molar-refractivity contribution is 7.59. The van der Waals surface area contributed by atoms with Crippen LogP contribution in [-0.4, -0.2) is 143 Å². The fourth-order valence-electron chi connectivity index (χ4n) is 10.2. The van der Waals surface area contributed by atoms with Crippen LogP contribution in [0.1, 0.15) is 70.7 Å². The van der Waals surface area contributed by atoms with E-state index in [1.165, 1.54) is 16.0 Å². The second-order valence-corrected chi connectivity index (χ2v) is 20.2. The Morgan fingerprint density at radius 2 is 1.75 bits per heavy atom. The van der Waals surface area contributed by atoms with E-state index in [4.69, 9.17) is 14.5 Å². The second-order valence-electron chi connectivity index (χ2n) is 20.2.